The molecule has 0 aliphatic carbocycles. The maximum Gasteiger partial charge on any atom is 0.272 e. The Morgan fingerprint density at radius 3 is 2.47 bits per heavy atom. The average Bonchev–Trinajstić information content (AvgIpc) is 2.81. The van der Waals surface area contributed by atoms with Crippen molar-refractivity contribution in [2.45, 2.75) is 11.3 Å². The zero-order chi connectivity index (χ0) is 24.3. The van der Waals surface area contributed by atoms with Crippen molar-refractivity contribution >= 4 is 38.1 Å². The number of nitrogens with one attached hydrogen (secondary N) is 3. The Bertz CT molecular complexity index is 1540. The molecule has 4 rings (SSSR count). The molecule has 0 fully saturated rings. The molecule has 0 atom stereocenters. The number of aromatic nitrogens is 2. The summed E-state index contributed by atoms with van der Waals surface area (Å²) in [5.41, 5.74) is 0.417. The van der Waals surface area contributed by atoms with Gasteiger partial charge in [0.15, 0.2) is 0 Å². The molecule has 3 aromatic carbocycles. The van der Waals surface area contributed by atoms with Crippen LogP contribution in [0.25, 0.3) is 10.8 Å². The lowest BCUT2D eigenvalue weighted by atomic mass is 10.1. The van der Waals surface area contributed by atoms with Crippen LogP contribution in [-0.4, -0.2) is 31.6 Å². The highest BCUT2D eigenvalue weighted by Gasteiger charge is 2.18. The lowest BCUT2D eigenvalue weighted by Gasteiger charge is -2.14. The van der Waals surface area contributed by atoms with E-state index in [1.54, 1.807) is 30.3 Å². The third-order valence-electron chi connectivity index (χ3n) is 4.95. The number of anilines is 2. The van der Waals surface area contributed by atoms with Crippen LogP contribution in [0.1, 0.15) is 5.69 Å². The Morgan fingerprint density at radius 2 is 1.76 bits per heavy atom. The zero-order valence-corrected chi connectivity index (χ0v) is 18.6. The number of methoxy groups -OCH3 is 1. The highest BCUT2D eigenvalue weighted by Crippen LogP contribution is 2.30. The van der Waals surface area contributed by atoms with Gasteiger partial charge >= 0.3 is 0 Å². The van der Waals surface area contributed by atoms with Gasteiger partial charge in [0.1, 0.15) is 11.6 Å². The summed E-state index contributed by atoms with van der Waals surface area (Å²) in [5.74, 6) is -0.773. The van der Waals surface area contributed by atoms with Crippen molar-refractivity contribution in [1.82, 2.24) is 10.2 Å². The molecule has 0 spiro atoms. The van der Waals surface area contributed by atoms with Gasteiger partial charge in [0.05, 0.1) is 35.2 Å². The Hall–Kier alpha value is -4.25. The quantitative estimate of drug-likeness (QED) is 0.371. The lowest BCUT2D eigenvalue weighted by Crippen LogP contribution is -2.19. The van der Waals surface area contributed by atoms with Crippen LogP contribution in [-0.2, 0) is 21.2 Å². The molecule has 11 heteroatoms. The summed E-state index contributed by atoms with van der Waals surface area (Å²) in [5, 5.41) is 10.0. The fourth-order valence-electron chi connectivity index (χ4n) is 3.35. The van der Waals surface area contributed by atoms with Crippen molar-refractivity contribution in [1.29, 1.82) is 0 Å². The van der Waals surface area contributed by atoms with Gasteiger partial charge in [0.25, 0.3) is 15.6 Å². The standard InChI is InChI=1S/C23H19FN4O5S/c1-33-21-11-8-15(12-20(21)28-34(31,32)16-9-6-14(24)7-10-16)25-22(29)13-19-17-4-2-3-5-18(17)23(30)27-26-19/h2-12,28H,13H2,1H3,(H,25,29)(H,27,30). The summed E-state index contributed by atoms with van der Waals surface area (Å²) in [7, 11) is -2.67. The van der Waals surface area contributed by atoms with E-state index in [1.807, 2.05) is 0 Å². The number of nitrogens with zero attached hydrogens (tertiary/aromatic N) is 1. The third-order valence-corrected chi connectivity index (χ3v) is 6.34. The van der Waals surface area contributed by atoms with E-state index < -0.39 is 21.7 Å². The Morgan fingerprint density at radius 1 is 1.06 bits per heavy atom. The molecule has 0 unspecified atom stereocenters. The van der Waals surface area contributed by atoms with Crippen molar-refractivity contribution in [3.63, 3.8) is 0 Å². The first kappa shape index (κ1) is 22.9. The third kappa shape index (κ3) is 4.89. The van der Waals surface area contributed by atoms with Crippen LogP contribution in [0.2, 0.25) is 0 Å². The predicted molar refractivity (Wildman–Crippen MR) is 125 cm³/mol. The largest absolute Gasteiger partial charge is 0.495 e. The van der Waals surface area contributed by atoms with Gasteiger partial charge in [-0.3, -0.25) is 14.3 Å². The van der Waals surface area contributed by atoms with Gasteiger partial charge in [-0.1, -0.05) is 18.2 Å². The highest BCUT2D eigenvalue weighted by atomic mass is 32.2. The number of amides is 1. The van der Waals surface area contributed by atoms with Crippen molar-refractivity contribution in [3.05, 3.63) is 88.6 Å². The van der Waals surface area contributed by atoms with Crippen LogP contribution in [0.15, 0.2) is 76.4 Å². The number of rotatable bonds is 7. The fraction of sp³-hybridized carbons (Fsp3) is 0.0870. The van der Waals surface area contributed by atoms with Gasteiger partial charge in [0, 0.05) is 11.1 Å². The van der Waals surface area contributed by atoms with E-state index in [1.165, 1.54) is 19.2 Å². The molecule has 1 amide bonds. The van der Waals surface area contributed by atoms with Crippen molar-refractivity contribution < 1.29 is 22.3 Å². The van der Waals surface area contributed by atoms with Gasteiger partial charge in [-0.15, -0.1) is 0 Å². The zero-order valence-electron chi connectivity index (χ0n) is 17.8. The number of carbonyl (C=O) groups is 1. The fourth-order valence-corrected chi connectivity index (χ4v) is 4.41. The van der Waals surface area contributed by atoms with Gasteiger partial charge in [-0.25, -0.2) is 17.9 Å². The van der Waals surface area contributed by atoms with Crippen LogP contribution in [0.3, 0.4) is 0 Å². The minimum atomic E-state index is -4.04. The van der Waals surface area contributed by atoms with Gasteiger partial charge in [0.2, 0.25) is 5.91 Å². The number of ether oxygens (including phenoxy) is 1. The first-order chi connectivity index (χ1) is 16.3. The summed E-state index contributed by atoms with van der Waals surface area (Å²) in [4.78, 5) is 24.5. The summed E-state index contributed by atoms with van der Waals surface area (Å²) >= 11 is 0. The molecule has 34 heavy (non-hydrogen) atoms. The molecule has 0 saturated heterocycles. The number of benzene rings is 3. The number of H-pyrrole nitrogens is 1. The molecule has 0 bridgehead atoms. The summed E-state index contributed by atoms with van der Waals surface area (Å²) in [6.07, 6.45) is -0.125. The number of aromatic amines is 1. The molecule has 1 heterocycles. The van der Waals surface area contributed by atoms with Gasteiger partial charge in [-0.05, 0) is 48.5 Å². The van der Waals surface area contributed by atoms with E-state index in [2.05, 4.69) is 20.2 Å². The van der Waals surface area contributed by atoms with E-state index in [-0.39, 0.29) is 28.3 Å². The van der Waals surface area contributed by atoms with Crippen molar-refractivity contribution in [2.75, 3.05) is 17.1 Å². The van der Waals surface area contributed by atoms with E-state index in [4.69, 9.17) is 4.74 Å². The maximum absolute atomic E-state index is 13.2. The molecule has 0 aliphatic heterocycles. The second-order valence-corrected chi connectivity index (χ2v) is 8.93. The van der Waals surface area contributed by atoms with Crippen LogP contribution < -0.4 is 20.3 Å². The molecule has 174 valence electrons. The summed E-state index contributed by atoms with van der Waals surface area (Å²) in [6.45, 7) is 0. The molecule has 0 aliphatic rings. The molecule has 1 aromatic heterocycles. The number of halogens is 1. The Kier molecular flexibility index (Phi) is 6.28. The number of hydrogen-bond donors (Lipinski definition) is 3. The second-order valence-electron chi connectivity index (χ2n) is 7.24. The molecule has 0 radical (unpaired) electrons. The topological polar surface area (TPSA) is 130 Å². The minimum Gasteiger partial charge on any atom is -0.495 e. The van der Waals surface area contributed by atoms with E-state index in [0.717, 1.165) is 24.3 Å². The molecule has 0 saturated carbocycles. The van der Waals surface area contributed by atoms with E-state index in [9.17, 15) is 22.4 Å². The van der Waals surface area contributed by atoms with E-state index >= 15 is 0 Å². The van der Waals surface area contributed by atoms with E-state index in [0.29, 0.717) is 22.2 Å². The Labute approximate surface area is 193 Å². The molecule has 3 N–H and O–H groups in total. The monoisotopic (exact) mass is 482 g/mol. The number of hydrogen-bond acceptors (Lipinski definition) is 6. The van der Waals surface area contributed by atoms with Crippen LogP contribution in [0.5, 0.6) is 5.75 Å². The van der Waals surface area contributed by atoms with Crippen molar-refractivity contribution in [3.8, 4) is 5.75 Å². The molecular formula is C23H19FN4O5S. The number of carbonyl (C=O) groups excluding carboxylic acids is 1. The molecule has 9 nitrogen and oxygen atoms in total. The van der Waals surface area contributed by atoms with Crippen LogP contribution in [0, 0.1) is 5.82 Å². The van der Waals surface area contributed by atoms with Crippen molar-refractivity contribution in [2.24, 2.45) is 0 Å². The SMILES string of the molecule is COc1ccc(NC(=O)Cc2n[nH]c(=O)c3ccccc23)cc1NS(=O)(=O)c1ccc(F)cc1. The van der Waals surface area contributed by atoms with Gasteiger partial charge in [-0.2, -0.15) is 5.10 Å². The highest BCUT2D eigenvalue weighted by molar-refractivity contribution is 7.92. The smallest absolute Gasteiger partial charge is 0.272 e. The average molecular weight is 482 g/mol. The van der Waals surface area contributed by atoms with Crippen LogP contribution >= 0.6 is 0 Å². The maximum atomic E-state index is 13.2. The first-order valence-electron chi connectivity index (χ1n) is 9.99. The lowest BCUT2D eigenvalue weighted by molar-refractivity contribution is -0.115. The Balaban J connectivity index is 1.56. The molecular weight excluding hydrogens is 463 g/mol. The molecule has 4 aromatic rings. The number of sulfonamides is 1. The van der Waals surface area contributed by atoms with Gasteiger partial charge < -0.3 is 10.1 Å². The van der Waals surface area contributed by atoms with Crippen LogP contribution in [0.4, 0.5) is 15.8 Å². The normalized spacial score (nSPS) is 11.2. The minimum absolute atomic E-state index is 0.0808. The summed E-state index contributed by atoms with van der Waals surface area (Å²) in [6, 6.07) is 15.6. The first-order valence-corrected chi connectivity index (χ1v) is 11.5. The second kappa shape index (κ2) is 9.32. The number of fused-ring (bicyclic) bond motifs is 1. The predicted octanol–water partition coefficient (Wildman–Crippen LogP) is 3.05. The summed E-state index contributed by atoms with van der Waals surface area (Å²) < 4.78 is 46.2.